The van der Waals surface area contributed by atoms with Crippen LogP contribution < -0.4 is 0 Å². The Morgan fingerprint density at radius 1 is 0.159 bits per heavy atom. The van der Waals surface area contributed by atoms with Crippen LogP contribution in [0.15, 0.2) is 524 Å². The number of fused-ring (bicyclic) bond motifs is 17. The molecule has 29 rings (SSSR count). The zero-order valence-electron chi connectivity index (χ0n) is 78.4. The van der Waals surface area contributed by atoms with Crippen molar-refractivity contribution in [1.82, 2.24) is 43.6 Å². The van der Waals surface area contributed by atoms with Crippen molar-refractivity contribution in [2.75, 3.05) is 0 Å². The Morgan fingerprint density at radius 2 is 0.448 bits per heavy atom. The molecule has 0 radical (unpaired) electrons. The Bertz CT molecular complexity index is 10100. The molecule has 0 saturated carbocycles. The molecule has 11 nitrogen and oxygen atoms in total. The van der Waals surface area contributed by atoms with E-state index in [0.717, 1.165) is 227 Å². The van der Waals surface area contributed by atoms with Crippen LogP contribution in [0.4, 0.5) is 0 Å². The zero-order valence-corrected chi connectivity index (χ0v) is 78.4. The maximum atomic E-state index is 6.52. The number of nitrogens with zero attached hydrogens (tertiary/aromatic N) is 9. The van der Waals surface area contributed by atoms with Crippen LogP contribution in [0.2, 0.25) is 0 Å². The summed E-state index contributed by atoms with van der Waals surface area (Å²) in [7, 11) is 0. The lowest BCUT2D eigenvalue weighted by atomic mass is 9.97. The normalized spacial score (nSPS) is 11.6. The van der Waals surface area contributed by atoms with E-state index in [1.54, 1.807) is 0 Å². The number of furan rings is 2. The largest absolute Gasteiger partial charge is 0.455 e. The van der Waals surface area contributed by atoms with E-state index in [1.807, 2.05) is 72.8 Å². The van der Waals surface area contributed by atoms with Crippen LogP contribution in [0, 0.1) is 0 Å². The fraction of sp³-hybridized carbons (Fsp3) is 0. The number of aromatic nitrogens is 9. The van der Waals surface area contributed by atoms with Crippen LogP contribution in [0.1, 0.15) is 0 Å². The molecule has 0 amide bonds. The second-order valence-corrected chi connectivity index (χ2v) is 36.6. The van der Waals surface area contributed by atoms with Crippen molar-refractivity contribution in [3.63, 3.8) is 0 Å². The van der Waals surface area contributed by atoms with Gasteiger partial charge in [-0.1, -0.05) is 425 Å². The Hall–Kier alpha value is -19.6. The van der Waals surface area contributed by atoms with Gasteiger partial charge in [0.25, 0.3) is 0 Å². The first-order chi connectivity index (χ1) is 71.9. The molecule has 0 aliphatic carbocycles. The molecule has 145 heavy (non-hydrogen) atoms. The third kappa shape index (κ3) is 15.1. The molecular formula is C134H85N9O2. The van der Waals surface area contributed by atoms with Crippen molar-refractivity contribution in [3.8, 4) is 141 Å². The van der Waals surface area contributed by atoms with Gasteiger partial charge in [0.15, 0.2) is 17.5 Å². The minimum absolute atomic E-state index is 0.694. The summed E-state index contributed by atoms with van der Waals surface area (Å²) >= 11 is 0. The van der Waals surface area contributed by atoms with Gasteiger partial charge in [0, 0.05) is 99.3 Å². The van der Waals surface area contributed by atoms with E-state index in [0.29, 0.717) is 17.5 Å². The van der Waals surface area contributed by atoms with E-state index < -0.39 is 0 Å². The van der Waals surface area contributed by atoms with E-state index in [4.69, 9.17) is 38.7 Å². The zero-order chi connectivity index (χ0) is 95.8. The first kappa shape index (κ1) is 84.6. The molecule has 0 aliphatic rings. The van der Waals surface area contributed by atoms with E-state index in [-0.39, 0.29) is 0 Å². The van der Waals surface area contributed by atoms with Gasteiger partial charge in [-0.15, -0.1) is 0 Å². The Labute approximate surface area is 834 Å². The van der Waals surface area contributed by atoms with Crippen molar-refractivity contribution in [1.29, 1.82) is 0 Å². The Kier molecular flexibility index (Phi) is 21.0. The molecule has 678 valence electrons. The summed E-state index contributed by atoms with van der Waals surface area (Å²) < 4.78 is 19.8. The van der Waals surface area contributed by atoms with Gasteiger partial charge in [-0.3, -0.25) is 13.7 Å². The minimum atomic E-state index is 0.694. The number of hydrogen-bond donors (Lipinski definition) is 0. The topological polar surface area (TPSA) is 118 Å². The molecule has 0 fully saturated rings. The van der Waals surface area contributed by atoms with Crippen molar-refractivity contribution in [2.45, 2.75) is 0 Å². The summed E-state index contributed by atoms with van der Waals surface area (Å²) in [4.78, 5) is 32.2. The number of para-hydroxylation sites is 6. The summed E-state index contributed by atoms with van der Waals surface area (Å²) in [5, 5.41) is 15.4. The Balaban J connectivity index is 0.000000108. The van der Waals surface area contributed by atoms with Gasteiger partial charge in [0.1, 0.15) is 39.3 Å². The van der Waals surface area contributed by atoms with E-state index >= 15 is 0 Å². The molecule has 0 N–H and O–H groups in total. The lowest BCUT2D eigenvalue weighted by molar-refractivity contribution is 0.669. The van der Waals surface area contributed by atoms with Gasteiger partial charge in [-0.2, -0.15) is 0 Å². The first-order valence-electron chi connectivity index (χ1n) is 48.9. The SMILES string of the molecule is c1ccc(-c2cccc(-c3ccc4c(c3)c3c(-c5ccccc5)nc(-c5ccccc5)nc3n4-c3cccc(-c4ccccc4)c3)c2)cc1.c1ccc(-c2nc(-c3ccccc3)c3c4cc(-c5cccc6c5oc5ccccc56)ccc4n(-c4ccccc4)c3n2)cc1.c1ccc(-n2c3ccc(-c4cccc5c4oc4ccccc45)cc3c3c(-c4cccc5ccccc45)nc(-c4cccc5ccccc45)nc32)cc1. The summed E-state index contributed by atoms with van der Waals surface area (Å²) in [6, 6.07) is 180. The smallest absolute Gasteiger partial charge is 0.162 e. The number of benzene rings is 21. The lowest BCUT2D eigenvalue weighted by Crippen LogP contribution is -2.00. The molecule has 8 heterocycles. The fourth-order valence-electron chi connectivity index (χ4n) is 21.3. The second kappa shape index (κ2) is 36.0. The van der Waals surface area contributed by atoms with Crippen molar-refractivity contribution in [2.24, 2.45) is 0 Å². The number of hydrogen-bond acceptors (Lipinski definition) is 8. The first-order valence-corrected chi connectivity index (χ1v) is 48.9. The van der Waals surface area contributed by atoms with Crippen LogP contribution in [0.3, 0.4) is 0 Å². The van der Waals surface area contributed by atoms with E-state index in [9.17, 15) is 0 Å². The highest BCUT2D eigenvalue weighted by atomic mass is 16.3. The highest BCUT2D eigenvalue weighted by Crippen LogP contribution is 2.49. The lowest BCUT2D eigenvalue weighted by Gasteiger charge is -2.13. The third-order valence-electron chi connectivity index (χ3n) is 28.0. The second-order valence-electron chi connectivity index (χ2n) is 36.6. The van der Waals surface area contributed by atoms with Gasteiger partial charge in [-0.25, -0.2) is 29.9 Å². The molecule has 0 atom stereocenters. The predicted molar refractivity (Wildman–Crippen MR) is 598 cm³/mol. The molecule has 29 aromatic rings. The minimum Gasteiger partial charge on any atom is -0.455 e. The van der Waals surface area contributed by atoms with Gasteiger partial charge >= 0.3 is 0 Å². The number of rotatable bonds is 14. The standard InChI is InChI=1S/C48H29N3O.C46H31N3.C40H25N3O/c1-2-17-33(18-3-1)51-42-28-27-32(36-22-12-24-39-37-21-8-9-26-43(37)52-46(36)39)29-41(42)44-45(38-23-10-15-30-13-4-6-19-34(30)38)49-47(50-48(44)51)40-25-11-16-31-14-5-7-20-35(31)40;1-5-15-32(16-6-1)36-23-13-24-37(29-36)39-27-28-42-41(31-39)43-44(34-19-9-3-10-20-34)47-45(35-21-11-4-12-22-35)48-46(43)49(42)40-26-14-25-38(30-40)33-17-7-2-8-18-33;1-4-13-26(14-5-1)37-36-33-25-28(30-20-12-21-32-31-19-10-11-22-35(31)44-38(30)32)23-24-34(33)43(29-17-8-3-9-18-29)40(36)42-39(41-37)27-15-6-2-7-16-27/h1-29H;1-31H;1-25H. The molecular weight excluding hydrogens is 1770 g/mol. The Morgan fingerprint density at radius 3 is 0.917 bits per heavy atom. The summed E-state index contributed by atoms with van der Waals surface area (Å²) in [5.74, 6) is 2.09. The van der Waals surface area contributed by atoms with Gasteiger partial charge in [-0.05, 0) is 157 Å². The van der Waals surface area contributed by atoms with Crippen LogP contribution in [0.5, 0.6) is 0 Å². The van der Waals surface area contributed by atoms with Gasteiger partial charge in [0.2, 0.25) is 0 Å². The molecule has 0 unspecified atom stereocenters. The quantitative estimate of drug-likeness (QED) is 0.106. The molecule has 21 aromatic carbocycles. The maximum Gasteiger partial charge on any atom is 0.162 e. The third-order valence-corrected chi connectivity index (χ3v) is 28.0. The summed E-state index contributed by atoms with van der Waals surface area (Å²) in [6.07, 6.45) is 0. The predicted octanol–water partition coefficient (Wildman–Crippen LogP) is 35.2. The van der Waals surface area contributed by atoms with Crippen LogP contribution in [-0.2, 0) is 0 Å². The van der Waals surface area contributed by atoms with Crippen LogP contribution in [0.25, 0.3) is 272 Å². The van der Waals surface area contributed by atoms with Crippen LogP contribution in [-0.4, -0.2) is 43.6 Å². The molecule has 8 aromatic heterocycles. The molecule has 0 aliphatic heterocycles. The highest BCUT2D eigenvalue weighted by molar-refractivity contribution is 6.21. The highest BCUT2D eigenvalue weighted by Gasteiger charge is 2.29. The van der Waals surface area contributed by atoms with Crippen molar-refractivity contribution >= 4 is 131 Å². The van der Waals surface area contributed by atoms with Crippen molar-refractivity contribution < 1.29 is 8.83 Å². The van der Waals surface area contributed by atoms with E-state index in [1.165, 1.54) is 27.6 Å². The molecule has 0 bridgehead atoms. The maximum absolute atomic E-state index is 6.52. The average molecular weight is 1850 g/mol. The van der Waals surface area contributed by atoms with E-state index in [2.05, 4.69) is 457 Å². The average Bonchev–Trinajstić information content (AvgIpc) is 1.58. The fourth-order valence-corrected chi connectivity index (χ4v) is 21.3. The molecule has 0 spiro atoms. The van der Waals surface area contributed by atoms with Crippen molar-refractivity contribution in [3.05, 3.63) is 516 Å². The van der Waals surface area contributed by atoms with Gasteiger partial charge < -0.3 is 8.83 Å². The van der Waals surface area contributed by atoms with Crippen LogP contribution >= 0.6 is 0 Å². The van der Waals surface area contributed by atoms with Gasteiger partial charge in [0.05, 0.1) is 49.8 Å². The monoisotopic (exact) mass is 1850 g/mol. The molecule has 0 saturated heterocycles. The summed E-state index contributed by atoms with van der Waals surface area (Å²) in [5.41, 5.74) is 32.7. The summed E-state index contributed by atoms with van der Waals surface area (Å²) in [6.45, 7) is 0. The molecule has 11 heteroatoms.